The molecule has 1 aromatic carbocycles. The van der Waals surface area contributed by atoms with Gasteiger partial charge < -0.3 is 9.64 Å². The normalized spacial score (nSPS) is 22.6. The standard InChI is InChI=1S/C18H22F4N2O3S/c1-17(19,20)13-8-12(9-14(10-13)18(2,21)22)11-27-15-4-3-5-24-6-7-28(25,26)23-16(15)24/h8-10,15H,3-7,11H2,1-2H3. The van der Waals surface area contributed by atoms with E-state index in [2.05, 4.69) is 4.40 Å². The van der Waals surface area contributed by atoms with Gasteiger partial charge in [-0.2, -0.15) is 0 Å². The summed E-state index contributed by atoms with van der Waals surface area (Å²) in [5.41, 5.74) is -0.868. The van der Waals surface area contributed by atoms with Gasteiger partial charge in [-0.1, -0.05) is 0 Å². The van der Waals surface area contributed by atoms with Crippen LogP contribution in [0.15, 0.2) is 22.6 Å². The van der Waals surface area contributed by atoms with Crippen molar-refractivity contribution in [3.63, 3.8) is 0 Å². The van der Waals surface area contributed by atoms with Crippen LogP contribution < -0.4 is 0 Å². The lowest BCUT2D eigenvalue weighted by atomic mass is 9.99. The zero-order valence-corrected chi connectivity index (χ0v) is 16.4. The van der Waals surface area contributed by atoms with Gasteiger partial charge in [0.2, 0.25) is 0 Å². The molecule has 156 valence electrons. The molecule has 2 aliphatic rings. The molecular weight excluding hydrogens is 400 g/mol. The monoisotopic (exact) mass is 422 g/mol. The van der Waals surface area contributed by atoms with E-state index in [1.54, 1.807) is 0 Å². The first-order valence-corrected chi connectivity index (χ1v) is 10.6. The van der Waals surface area contributed by atoms with Crippen molar-refractivity contribution in [3.05, 3.63) is 34.9 Å². The topological polar surface area (TPSA) is 59.0 Å². The highest BCUT2D eigenvalue weighted by atomic mass is 32.2. The van der Waals surface area contributed by atoms with Gasteiger partial charge in [-0.05, 0) is 36.6 Å². The maximum absolute atomic E-state index is 13.7. The van der Waals surface area contributed by atoms with Crippen LogP contribution in [0.2, 0.25) is 0 Å². The van der Waals surface area contributed by atoms with E-state index in [0.29, 0.717) is 39.2 Å². The number of benzene rings is 1. The average Bonchev–Trinajstić information content (AvgIpc) is 2.57. The third-order valence-electron chi connectivity index (χ3n) is 4.82. The molecule has 0 spiro atoms. The molecule has 1 atom stereocenters. The number of amidine groups is 1. The van der Waals surface area contributed by atoms with Crippen molar-refractivity contribution in [1.29, 1.82) is 0 Å². The molecule has 0 N–H and O–H groups in total. The quantitative estimate of drug-likeness (QED) is 0.680. The molecule has 0 bridgehead atoms. The molecule has 0 aromatic heterocycles. The molecule has 10 heteroatoms. The van der Waals surface area contributed by atoms with Crippen LogP contribution in [0.25, 0.3) is 0 Å². The smallest absolute Gasteiger partial charge is 0.270 e. The van der Waals surface area contributed by atoms with E-state index in [1.165, 1.54) is 0 Å². The zero-order chi connectivity index (χ0) is 20.7. The van der Waals surface area contributed by atoms with Crippen molar-refractivity contribution >= 4 is 15.9 Å². The van der Waals surface area contributed by atoms with E-state index >= 15 is 0 Å². The van der Waals surface area contributed by atoms with Crippen LogP contribution in [0, 0.1) is 0 Å². The van der Waals surface area contributed by atoms with Crippen molar-refractivity contribution in [2.75, 3.05) is 18.8 Å². The second kappa shape index (κ2) is 7.29. The van der Waals surface area contributed by atoms with Gasteiger partial charge in [0.15, 0.2) is 0 Å². The summed E-state index contributed by atoms with van der Waals surface area (Å²) in [5.74, 6) is -6.32. The van der Waals surface area contributed by atoms with E-state index in [0.717, 1.165) is 24.6 Å². The number of alkyl halides is 4. The van der Waals surface area contributed by atoms with Gasteiger partial charge in [0, 0.05) is 38.1 Å². The number of hydrogen-bond acceptors (Lipinski definition) is 4. The number of ether oxygens (including phenoxy) is 1. The molecule has 1 aromatic rings. The Kier molecular flexibility index (Phi) is 5.48. The fourth-order valence-electron chi connectivity index (χ4n) is 3.31. The highest BCUT2D eigenvalue weighted by molar-refractivity contribution is 7.90. The molecular formula is C18H22F4N2O3S. The van der Waals surface area contributed by atoms with Crippen molar-refractivity contribution in [2.24, 2.45) is 4.40 Å². The molecule has 0 saturated carbocycles. The van der Waals surface area contributed by atoms with Gasteiger partial charge in [0.25, 0.3) is 21.9 Å². The molecule has 2 aliphatic heterocycles. The number of piperidine rings is 1. The van der Waals surface area contributed by atoms with E-state index in [9.17, 15) is 26.0 Å². The van der Waals surface area contributed by atoms with Crippen LogP contribution >= 0.6 is 0 Å². The fraction of sp³-hybridized carbons (Fsp3) is 0.611. The Hall–Kier alpha value is -1.68. The van der Waals surface area contributed by atoms with Crippen LogP contribution in [0.3, 0.4) is 0 Å². The van der Waals surface area contributed by atoms with Crippen LogP contribution in [0.4, 0.5) is 17.6 Å². The molecule has 0 amide bonds. The van der Waals surface area contributed by atoms with Gasteiger partial charge in [0.05, 0.1) is 12.4 Å². The molecule has 1 unspecified atom stereocenters. The van der Waals surface area contributed by atoms with Gasteiger partial charge in [0.1, 0.15) is 11.9 Å². The minimum Gasteiger partial charge on any atom is -0.366 e. The number of halogens is 4. The number of rotatable bonds is 5. The molecule has 28 heavy (non-hydrogen) atoms. The van der Waals surface area contributed by atoms with E-state index < -0.39 is 39.1 Å². The summed E-state index contributed by atoms with van der Waals surface area (Å²) in [6, 6.07) is 3.06. The van der Waals surface area contributed by atoms with Gasteiger partial charge in [-0.25, -0.2) is 26.0 Å². The number of sulfonamides is 1. The third-order valence-corrected chi connectivity index (χ3v) is 5.98. The summed E-state index contributed by atoms with van der Waals surface area (Å²) in [6.45, 7) is 2.07. The van der Waals surface area contributed by atoms with E-state index in [4.69, 9.17) is 4.74 Å². The second-order valence-electron chi connectivity index (χ2n) is 7.36. The summed E-state index contributed by atoms with van der Waals surface area (Å²) >= 11 is 0. The largest absolute Gasteiger partial charge is 0.366 e. The minimum atomic E-state index is -3.55. The van der Waals surface area contributed by atoms with Gasteiger partial charge >= 0.3 is 0 Å². The van der Waals surface area contributed by atoms with E-state index in [1.807, 2.05) is 4.90 Å². The Bertz CT molecular complexity index is 844. The average molecular weight is 422 g/mol. The van der Waals surface area contributed by atoms with Crippen LogP contribution in [-0.4, -0.2) is 44.1 Å². The second-order valence-corrected chi connectivity index (χ2v) is 9.11. The highest BCUT2D eigenvalue weighted by Gasteiger charge is 2.34. The first kappa shape index (κ1) is 21.0. The maximum atomic E-state index is 13.7. The fourth-order valence-corrected chi connectivity index (χ4v) is 4.37. The molecule has 5 nitrogen and oxygen atoms in total. The lowest BCUT2D eigenvalue weighted by Crippen LogP contribution is -2.50. The SMILES string of the molecule is CC(F)(F)c1cc(COC2CCCN3CCS(=O)(=O)N=C23)cc(C(C)(F)F)c1. The maximum Gasteiger partial charge on any atom is 0.270 e. The lowest BCUT2D eigenvalue weighted by Gasteiger charge is -2.37. The Morgan fingerprint density at radius 2 is 1.71 bits per heavy atom. The van der Waals surface area contributed by atoms with Gasteiger partial charge in [-0.3, -0.25) is 0 Å². The van der Waals surface area contributed by atoms with Gasteiger partial charge in [-0.15, -0.1) is 4.40 Å². The summed E-state index contributed by atoms with van der Waals surface area (Å²) < 4.78 is 88.0. The summed E-state index contributed by atoms with van der Waals surface area (Å²) in [4.78, 5) is 1.83. The number of hydrogen-bond donors (Lipinski definition) is 0. The van der Waals surface area contributed by atoms with Crippen LogP contribution in [-0.2, 0) is 33.2 Å². The molecule has 0 aliphatic carbocycles. The molecule has 3 rings (SSSR count). The van der Waals surface area contributed by atoms with E-state index in [-0.39, 0.29) is 17.9 Å². The summed E-state index contributed by atoms with van der Waals surface area (Å²) in [6.07, 6.45) is 0.653. The Labute approximate surface area is 161 Å². The zero-order valence-electron chi connectivity index (χ0n) is 15.6. The Morgan fingerprint density at radius 1 is 1.11 bits per heavy atom. The summed E-state index contributed by atoms with van der Waals surface area (Å²) in [7, 11) is -3.55. The Morgan fingerprint density at radius 3 is 2.29 bits per heavy atom. The third kappa shape index (κ3) is 4.83. The minimum absolute atomic E-state index is 0.0637. The molecule has 2 heterocycles. The van der Waals surface area contributed by atoms with Crippen molar-refractivity contribution in [3.8, 4) is 0 Å². The summed E-state index contributed by atoms with van der Waals surface area (Å²) in [5, 5.41) is 0. The first-order chi connectivity index (χ1) is 12.9. The van der Waals surface area contributed by atoms with Crippen molar-refractivity contribution in [1.82, 2.24) is 4.90 Å². The number of nitrogens with zero attached hydrogens (tertiary/aromatic N) is 2. The Balaban J connectivity index is 1.84. The predicted molar refractivity (Wildman–Crippen MR) is 96.2 cm³/mol. The highest BCUT2D eigenvalue weighted by Crippen LogP contribution is 2.34. The lowest BCUT2D eigenvalue weighted by molar-refractivity contribution is 0.00966. The molecule has 1 saturated heterocycles. The predicted octanol–water partition coefficient (Wildman–Crippen LogP) is 3.63. The van der Waals surface area contributed by atoms with Crippen LogP contribution in [0.5, 0.6) is 0 Å². The molecule has 0 radical (unpaired) electrons. The van der Waals surface area contributed by atoms with Crippen LogP contribution in [0.1, 0.15) is 43.4 Å². The van der Waals surface area contributed by atoms with Crippen molar-refractivity contribution < 1.29 is 30.7 Å². The van der Waals surface area contributed by atoms with Crippen molar-refractivity contribution in [2.45, 2.75) is 51.2 Å². The number of fused-ring (bicyclic) bond motifs is 1. The molecule has 1 fully saturated rings. The first-order valence-electron chi connectivity index (χ1n) is 8.95.